The number of hydrogen-bond donors (Lipinski definition) is 2. The maximum absolute atomic E-state index is 13.6. The van der Waals surface area contributed by atoms with Crippen LogP contribution in [0.5, 0.6) is 0 Å². The topological polar surface area (TPSA) is 43.7 Å². The number of fused-ring (bicyclic) bond motifs is 1. The van der Waals surface area contributed by atoms with E-state index in [2.05, 4.69) is 0 Å². The van der Waals surface area contributed by atoms with E-state index in [4.69, 9.17) is 11.6 Å². The molecule has 0 fully saturated rings. The van der Waals surface area contributed by atoms with Gasteiger partial charge in [0.2, 0.25) is 0 Å². The molecule has 3 aromatic carbocycles. The van der Waals surface area contributed by atoms with Crippen LogP contribution in [0.15, 0.2) is 65.6 Å². The van der Waals surface area contributed by atoms with Crippen molar-refractivity contribution >= 4 is 48.4 Å². The standard InChI is InChI=1S/C17H14ClFNO2PS/c18-13-8-14(19)10-15(9-13)24-20(11-23(21)22)17-7-3-5-12-4-1-2-6-16(12)17/h1-10,21-22H,11H2. The summed E-state index contributed by atoms with van der Waals surface area (Å²) in [5, 5.41) is 2.32. The van der Waals surface area contributed by atoms with Crippen molar-refractivity contribution in [2.75, 3.05) is 10.6 Å². The fourth-order valence-electron chi connectivity index (χ4n) is 2.40. The molecule has 0 aliphatic heterocycles. The maximum Gasteiger partial charge on any atom is 0.186 e. The van der Waals surface area contributed by atoms with Crippen molar-refractivity contribution in [3.63, 3.8) is 0 Å². The molecule has 0 aliphatic carbocycles. The van der Waals surface area contributed by atoms with Crippen LogP contribution in [0.25, 0.3) is 10.8 Å². The van der Waals surface area contributed by atoms with Gasteiger partial charge in [-0.05, 0) is 41.6 Å². The molecule has 0 spiro atoms. The van der Waals surface area contributed by atoms with Gasteiger partial charge in [-0.3, -0.25) is 0 Å². The van der Waals surface area contributed by atoms with Gasteiger partial charge in [-0.1, -0.05) is 48.0 Å². The van der Waals surface area contributed by atoms with E-state index in [1.54, 1.807) is 10.4 Å². The van der Waals surface area contributed by atoms with Crippen LogP contribution in [0.1, 0.15) is 0 Å². The number of anilines is 1. The molecule has 3 nitrogen and oxygen atoms in total. The molecule has 0 bridgehead atoms. The Kier molecular flexibility index (Phi) is 5.59. The Morgan fingerprint density at radius 2 is 1.79 bits per heavy atom. The third-order valence-corrected chi connectivity index (χ3v) is 5.28. The highest BCUT2D eigenvalue weighted by atomic mass is 35.5. The third kappa shape index (κ3) is 4.18. The number of benzene rings is 3. The first-order valence-electron chi connectivity index (χ1n) is 7.07. The quantitative estimate of drug-likeness (QED) is 0.458. The molecule has 124 valence electrons. The van der Waals surface area contributed by atoms with Gasteiger partial charge in [0.1, 0.15) is 5.82 Å². The fraction of sp³-hybridized carbons (Fsp3) is 0.0588. The molecule has 0 saturated heterocycles. The Labute approximate surface area is 149 Å². The predicted octanol–water partition coefficient (Wildman–Crippen LogP) is 5.40. The van der Waals surface area contributed by atoms with E-state index in [-0.39, 0.29) is 6.29 Å². The molecular formula is C17H14ClFNO2PS. The minimum absolute atomic E-state index is 0.0299. The summed E-state index contributed by atoms with van der Waals surface area (Å²) >= 11 is 7.13. The first kappa shape index (κ1) is 17.5. The molecule has 7 heteroatoms. The summed E-state index contributed by atoms with van der Waals surface area (Å²) in [5.74, 6) is -0.432. The summed E-state index contributed by atoms with van der Waals surface area (Å²) < 4.78 is 15.3. The van der Waals surface area contributed by atoms with E-state index >= 15 is 0 Å². The van der Waals surface area contributed by atoms with E-state index in [1.807, 2.05) is 42.5 Å². The van der Waals surface area contributed by atoms with Crippen LogP contribution >= 0.6 is 31.9 Å². The van der Waals surface area contributed by atoms with Crippen molar-refractivity contribution in [2.24, 2.45) is 0 Å². The lowest BCUT2D eigenvalue weighted by Crippen LogP contribution is -2.15. The van der Waals surface area contributed by atoms with Crippen molar-refractivity contribution in [3.8, 4) is 0 Å². The molecule has 0 saturated carbocycles. The second-order valence-corrected chi connectivity index (χ2v) is 7.65. The van der Waals surface area contributed by atoms with Gasteiger partial charge in [0, 0.05) is 15.3 Å². The molecule has 0 aliphatic rings. The second kappa shape index (κ2) is 7.68. The van der Waals surface area contributed by atoms with Gasteiger partial charge in [-0.15, -0.1) is 0 Å². The van der Waals surface area contributed by atoms with Gasteiger partial charge in [0.15, 0.2) is 8.38 Å². The summed E-state index contributed by atoms with van der Waals surface area (Å²) in [6, 6.07) is 17.9. The lowest BCUT2D eigenvalue weighted by atomic mass is 10.1. The largest absolute Gasteiger partial charge is 0.349 e. The van der Waals surface area contributed by atoms with E-state index in [1.165, 1.54) is 24.1 Å². The Morgan fingerprint density at radius 3 is 2.54 bits per heavy atom. The van der Waals surface area contributed by atoms with Crippen molar-refractivity contribution in [1.82, 2.24) is 0 Å². The first-order valence-corrected chi connectivity index (χ1v) is 9.66. The van der Waals surface area contributed by atoms with Gasteiger partial charge in [0.25, 0.3) is 0 Å². The maximum atomic E-state index is 13.6. The molecule has 0 radical (unpaired) electrons. The van der Waals surface area contributed by atoms with Crippen molar-refractivity contribution in [2.45, 2.75) is 4.90 Å². The van der Waals surface area contributed by atoms with Crippen molar-refractivity contribution in [3.05, 3.63) is 71.5 Å². The minimum atomic E-state index is -2.15. The second-order valence-electron chi connectivity index (χ2n) is 5.09. The zero-order valence-electron chi connectivity index (χ0n) is 12.4. The average molecular weight is 382 g/mol. The molecule has 3 rings (SSSR count). The van der Waals surface area contributed by atoms with Gasteiger partial charge < -0.3 is 14.1 Å². The fourth-order valence-corrected chi connectivity index (χ4v) is 4.47. The van der Waals surface area contributed by atoms with E-state index < -0.39 is 14.2 Å². The van der Waals surface area contributed by atoms with E-state index in [0.717, 1.165) is 16.5 Å². The molecule has 0 amide bonds. The number of halogens is 2. The molecule has 0 aromatic heterocycles. The Bertz CT molecular complexity index is 839. The van der Waals surface area contributed by atoms with Crippen LogP contribution in [0.4, 0.5) is 10.1 Å². The van der Waals surface area contributed by atoms with Crippen LogP contribution in [0, 0.1) is 5.82 Å². The van der Waals surface area contributed by atoms with Crippen molar-refractivity contribution < 1.29 is 14.2 Å². The number of rotatable bonds is 5. The highest BCUT2D eigenvalue weighted by Crippen LogP contribution is 2.39. The van der Waals surface area contributed by atoms with Crippen LogP contribution in [-0.2, 0) is 0 Å². The lowest BCUT2D eigenvalue weighted by Gasteiger charge is -2.25. The highest BCUT2D eigenvalue weighted by Gasteiger charge is 2.16. The van der Waals surface area contributed by atoms with Gasteiger partial charge >= 0.3 is 0 Å². The zero-order chi connectivity index (χ0) is 17.1. The Balaban J connectivity index is 2.02. The average Bonchev–Trinajstić information content (AvgIpc) is 2.52. The van der Waals surface area contributed by atoms with Crippen LogP contribution in [0.2, 0.25) is 5.02 Å². The lowest BCUT2D eigenvalue weighted by molar-refractivity contribution is 0.484. The predicted molar refractivity (Wildman–Crippen MR) is 99.9 cm³/mol. The molecular weight excluding hydrogens is 368 g/mol. The third-order valence-electron chi connectivity index (χ3n) is 3.34. The van der Waals surface area contributed by atoms with Crippen LogP contribution < -0.4 is 4.31 Å². The minimum Gasteiger partial charge on any atom is -0.349 e. The van der Waals surface area contributed by atoms with Crippen molar-refractivity contribution in [1.29, 1.82) is 0 Å². The monoisotopic (exact) mass is 381 g/mol. The van der Waals surface area contributed by atoms with E-state index in [9.17, 15) is 14.2 Å². The molecule has 2 N–H and O–H groups in total. The molecule has 0 unspecified atom stereocenters. The first-order chi connectivity index (χ1) is 11.5. The summed E-state index contributed by atoms with van der Waals surface area (Å²) in [6.45, 7) is 0. The van der Waals surface area contributed by atoms with Gasteiger partial charge in [-0.2, -0.15) is 0 Å². The van der Waals surface area contributed by atoms with Gasteiger partial charge in [-0.25, -0.2) is 4.39 Å². The SMILES string of the molecule is OP(O)CN(Sc1cc(F)cc(Cl)c1)c1cccc2ccccc12. The van der Waals surface area contributed by atoms with Gasteiger partial charge in [0.05, 0.1) is 12.0 Å². The molecule has 0 atom stereocenters. The summed E-state index contributed by atoms with van der Waals surface area (Å²) in [6.07, 6.45) is 0.0299. The summed E-state index contributed by atoms with van der Waals surface area (Å²) in [4.78, 5) is 19.6. The summed E-state index contributed by atoms with van der Waals surface area (Å²) in [7, 11) is -2.15. The zero-order valence-corrected chi connectivity index (χ0v) is 14.9. The molecule has 0 heterocycles. The Morgan fingerprint density at radius 1 is 1.04 bits per heavy atom. The van der Waals surface area contributed by atoms with Crippen LogP contribution in [0.3, 0.4) is 0 Å². The van der Waals surface area contributed by atoms with E-state index in [0.29, 0.717) is 9.92 Å². The van der Waals surface area contributed by atoms with Crippen LogP contribution in [-0.4, -0.2) is 16.1 Å². The Hall–Kier alpha value is -1.36. The number of hydrogen-bond acceptors (Lipinski definition) is 4. The summed E-state index contributed by atoms with van der Waals surface area (Å²) in [5.41, 5.74) is 0.828. The normalized spacial score (nSPS) is 11.2. The smallest absolute Gasteiger partial charge is 0.186 e. The molecule has 3 aromatic rings. The number of nitrogens with zero attached hydrogens (tertiary/aromatic N) is 1. The highest BCUT2D eigenvalue weighted by molar-refractivity contribution is 8.01. The molecule has 24 heavy (non-hydrogen) atoms.